The molecule has 6 nitrogen and oxygen atoms in total. The number of nitrogens with zero attached hydrogens (tertiary/aromatic N) is 2. The number of rotatable bonds is 4. The van der Waals surface area contributed by atoms with Crippen LogP contribution in [0.3, 0.4) is 0 Å². The van der Waals surface area contributed by atoms with Crippen LogP contribution in [0.25, 0.3) is 11.3 Å². The maximum Gasteiger partial charge on any atom is 0.255 e. The summed E-state index contributed by atoms with van der Waals surface area (Å²) in [4.78, 5) is 26.3. The number of amides is 2. The summed E-state index contributed by atoms with van der Waals surface area (Å²) >= 11 is 0. The maximum atomic E-state index is 12.7. The van der Waals surface area contributed by atoms with Crippen molar-refractivity contribution in [2.24, 2.45) is 0 Å². The second-order valence-electron chi connectivity index (χ2n) is 6.18. The molecule has 0 spiro atoms. The molecule has 1 saturated heterocycles. The fourth-order valence-corrected chi connectivity index (χ4v) is 3.14. The number of hydrogen-bond donors (Lipinski definition) is 2. The number of carbonyl (C=O) groups is 2. The van der Waals surface area contributed by atoms with Crippen LogP contribution in [-0.2, 0) is 4.79 Å². The van der Waals surface area contributed by atoms with Gasteiger partial charge in [0.1, 0.15) is 0 Å². The van der Waals surface area contributed by atoms with Crippen LogP contribution in [0.4, 0.5) is 11.4 Å². The van der Waals surface area contributed by atoms with Gasteiger partial charge in [0, 0.05) is 29.8 Å². The van der Waals surface area contributed by atoms with Crippen LogP contribution in [0, 0.1) is 0 Å². The Morgan fingerprint density at radius 2 is 1.96 bits per heavy atom. The highest BCUT2D eigenvalue weighted by Crippen LogP contribution is 2.26. The van der Waals surface area contributed by atoms with E-state index in [0.29, 0.717) is 24.2 Å². The van der Waals surface area contributed by atoms with E-state index in [-0.39, 0.29) is 11.8 Å². The largest absolute Gasteiger partial charge is 0.319 e. The van der Waals surface area contributed by atoms with Gasteiger partial charge < -0.3 is 10.2 Å². The van der Waals surface area contributed by atoms with E-state index in [4.69, 9.17) is 0 Å². The van der Waals surface area contributed by atoms with E-state index in [2.05, 4.69) is 15.5 Å². The minimum atomic E-state index is -0.239. The first-order valence-corrected chi connectivity index (χ1v) is 8.53. The Labute approximate surface area is 150 Å². The Morgan fingerprint density at radius 1 is 1.12 bits per heavy atom. The molecule has 4 rings (SSSR count). The molecule has 3 aromatic rings. The third-order valence-corrected chi connectivity index (χ3v) is 4.44. The Morgan fingerprint density at radius 3 is 2.73 bits per heavy atom. The van der Waals surface area contributed by atoms with Gasteiger partial charge in [0.05, 0.1) is 17.6 Å². The quantitative estimate of drug-likeness (QED) is 0.759. The van der Waals surface area contributed by atoms with E-state index < -0.39 is 0 Å². The van der Waals surface area contributed by atoms with Crippen molar-refractivity contribution in [3.63, 3.8) is 0 Å². The van der Waals surface area contributed by atoms with Gasteiger partial charge in [0.2, 0.25) is 5.91 Å². The highest BCUT2D eigenvalue weighted by atomic mass is 16.2. The second-order valence-corrected chi connectivity index (χ2v) is 6.18. The molecule has 1 aliphatic heterocycles. The third-order valence-electron chi connectivity index (χ3n) is 4.44. The number of hydrogen-bond acceptors (Lipinski definition) is 3. The summed E-state index contributed by atoms with van der Waals surface area (Å²) in [6, 6.07) is 16.8. The van der Waals surface area contributed by atoms with Gasteiger partial charge in [-0.15, -0.1) is 0 Å². The van der Waals surface area contributed by atoms with E-state index in [1.807, 2.05) is 36.4 Å². The molecular weight excluding hydrogens is 328 g/mol. The Balaban J connectivity index is 1.57. The molecule has 1 aliphatic rings. The summed E-state index contributed by atoms with van der Waals surface area (Å²) in [5.74, 6) is -0.138. The first-order chi connectivity index (χ1) is 12.7. The third kappa shape index (κ3) is 3.09. The van der Waals surface area contributed by atoms with E-state index in [1.165, 1.54) is 0 Å². The molecule has 0 radical (unpaired) electrons. The number of nitrogens with one attached hydrogen (secondary N) is 2. The molecule has 6 heteroatoms. The van der Waals surface area contributed by atoms with E-state index in [1.54, 1.807) is 29.3 Å². The van der Waals surface area contributed by atoms with Gasteiger partial charge in [-0.25, -0.2) is 0 Å². The summed E-state index contributed by atoms with van der Waals surface area (Å²) < 4.78 is 0. The molecule has 0 atom stereocenters. The van der Waals surface area contributed by atoms with Crippen molar-refractivity contribution in [3.05, 3.63) is 66.4 Å². The molecule has 1 fully saturated rings. The average molecular weight is 346 g/mol. The molecule has 26 heavy (non-hydrogen) atoms. The summed E-state index contributed by atoms with van der Waals surface area (Å²) in [5.41, 5.74) is 3.57. The van der Waals surface area contributed by atoms with Crippen LogP contribution in [0.1, 0.15) is 23.2 Å². The van der Waals surface area contributed by atoms with Gasteiger partial charge in [0.25, 0.3) is 5.91 Å². The molecule has 1 aromatic heterocycles. The van der Waals surface area contributed by atoms with Gasteiger partial charge in [-0.2, -0.15) is 5.10 Å². The number of benzene rings is 2. The van der Waals surface area contributed by atoms with Gasteiger partial charge in [-0.05, 0) is 24.6 Å². The number of aromatic nitrogens is 2. The van der Waals surface area contributed by atoms with Crippen LogP contribution in [0.15, 0.2) is 60.8 Å². The highest BCUT2D eigenvalue weighted by molar-refractivity contribution is 6.07. The first kappa shape index (κ1) is 16.1. The smallest absolute Gasteiger partial charge is 0.255 e. The van der Waals surface area contributed by atoms with Crippen LogP contribution in [-0.4, -0.2) is 28.6 Å². The van der Waals surface area contributed by atoms with Crippen LogP contribution in [0.2, 0.25) is 0 Å². The number of carbonyl (C=O) groups excluding carboxylic acids is 2. The van der Waals surface area contributed by atoms with Crippen molar-refractivity contribution in [1.29, 1.82) is 0 Å². The molecule has 0 saturated carbocycles. The lowest BCUT2D eigenvalue weighted by atomic mass is 10.1. The monoisotopic (exact) mass is 346 g/mol. The highest BCUT2D eigenvalue weighted by Gasteiger charge is 2.22. The van der Waals surface area contributed by atoms with Crippen molar-refractivity contribution in [2.45, 2.75) is 12.8 Å². The van der Waals surface area contributed by atoms with Gasteiger partial charge in [-0.1, -0.05) is 36.4 Å². The molecule has 130 valence electrons. The Kier molecular flexibility index (Phi) is 4.23. The summed E-state index contributed by atoms with van der Waals surface area (Å²) in [6.45, 7) is 0.698. The number of H-pyrrole nitrogens is 1. The van der Waals surface area contributed by atoms with Crippen LogP contribution in [0.5, 0.6) is 0 Å². The van der Waals surface area contributed by atoms with Crippen molar-refractivity contribution >= 4 is 23.2 Å². The predicted molar refractivity (Wildman–Crippen MR) is 100 cm³/mol. The molecule has 2 heterocycles. The van der Waals surface area contributed by atoms with E-state index >= 15 is 0 Å². The van der Waals surface area contributed by atoms with E-state index in [9.17, 15) is 9.59 Å². The van der Waals surface area contributed by atoms with Crippen LogP contribution >= 0.6 is 0 Å². The molecule has 0 bridgehead atoms. The van der Waals surface area contributed by atoms with Crippen molar-refractivity contribution in [1.82, 2.24) is 10.2 Å². The lowest BCUT2D eigenvalue weighted by Crippen LogP contribution is -2.24. The van der Waals surface area contributed by atoms with Gasteiger partial charge in [-0.3, -0.25) is 14.7 Å². The molecule has 2 amide bonds. The first-order valence-electron chi connectivity index (χ1n) is 8.53. The zero-order chi connectivity index (χ0) is 17.9. The van der Waals surface area contributed by atoms with Crippen molar-refractivity contribution < 1.29 is 9.59 Å². The molecule has 2 aromatic carbocycles. The lowest BCUT2D eigenvalue weighted by Gasteiger charge is -2.16. The minimum Gasteiger partial charge on any atom is -0.319 e. The summed E-state index contributed by atoms with van der Waals surface area (Å²) in [7, 11) is 0. The zero-order valence-electron chi connectivity index (χ0n) is 14.1. The van der Waals surface area contributed by atoms with Gasteiger partial charge in [0.15, 0.2) is 0 Å². The minimum absolute atomic E-state index is 0.101. The predicted octanol–water partition coefficient (Wildman–Crippen LogP) is 3.46. The maximum absolute atomic E-state index is 12.7. The topological polar surface area (TPSA) is 78.1 Å². The normalized spacial score (nSPS) is 13.8. The molecule has 0 aliphatic carbocycles. The van der Waals surface area contributed by atoms with Crippen molar-refractivity contribution in [3.8, 4) is 11.3 Å². The number of anilines is 2. The zero-order valence-corrected chi connectivity index (χ0v) is 14.1. The standard InChI is InChI=1S/C20H18N4O2/c25-18-10-5-11-24(18)16-9-4-8-15(12-16)20(26)22-17-13-21-23-19(17)14-6-2-1-3-7-14/h1-4,6-9,12-13H,5,10-11H2,(H,21,23)(H,22,26). The SMILES string of the molecule is O=C(Nc1cn[nH]c1-c1ccccc1)c1cccc(N2CCCC2=O)c1. The molecule has 2 N–H and O–H groups in total. The van der Waals surface area contributed by atoms with Crippen molar-refractivity contribution in [2.75, 3.05) is 16.8 Å². The Bertz CT molecular complexity index is 949. The molecule has 0 unspecified atom stereocenters. The lowest BCUT2D eigenvalue weighted by molar-refractivity contribution is -0.117. The number of aromatic amines is 1. The summed E-state index contributed by atoms with van der Waals surface area (Å²) in [5, 5.41) is 9.86. The van der Waals surface area contributed by atoms with Gasteiger partial charge >= 0.3 is 0 Å². The summed E-state index contributed by atoms with van der Waals surface area (Å²) in [6.07, 6.45) is 3.00. The van der Waals surface area contributed by atoms with Crippen LogP contribution < -0.4 is 10.2 Å². The second kappa shape index (κ2) is 6.84. The average Bonchev–Trinajstić information content (AvgIpc) is 3.31. The van der Waals surface area contributed by atoms with E-state index in [0.717, 1.165) is 23.4 Å². The fraction of sp³-hybridized carbons (Fsp3) is 0.150. The fourth-order valence-electron chi connectivity index (χ4n) is 3.14. The Hall–Kier alpha value is -3.41. The molecular formula is C20H18N4O2.